The van der Waals surface area contributed by atoms with Crippen molar-refractivity contribution in [3.63, 3.8) is 0 Å². The number of carboxylic acid groups (broad SMARTS) is 1. The predicted octanol–water partition coefficient (Wildman–Crippen LogP) is -0.312. The molecule has 2 amide bonds. The number of rotatable bonds is 5. The highest BCUT2D eigenvalue weighted by molar-refractivity contribution is 5.99. The number of amides is 2. The van der Waals surface area contributed by atoms with Gasteiger partial charge in [0.1, 0.15) is 6.04 Å². The molecule has 1 heterocycles. The second-order valence-corrected chi connectivity index (χ2v) is 4.29. The Balaban J connectivity index is 2.20. The molecule has 0 spiro atoms. The summed E-state index contributed by atoms with van der Waals surface area (Å²) in [5.41, 5.74) is 6.29. The zero-order valence-corrected chi connectivity index (χ0v) is 10.8. The number of nitrogens with one attached hydrogen (secondary N) is 1. The maximum absolute atomic E-state index is 12.0. The molecule has 21 heavy (non-hydrogen) atoms. The number of carboxylic acids is 1. The van der Waals surface area contributed by atoms with Crippen LogP contribution in [-0.2, 0) is 9.59 Å². The molecule has 1 aromatic heterocycles. The molecule has 0 aliphatic rings. The molecule has 0 bridgehead atoms. The molecule has 8 nitrogen and oxygen atoms in total. The smallest absolute Gasteiger partial charge is 0.326 e. The number of primary amides is 1. The molecule has 1 aromatic carbocycles. The van der Waals surface area contributed by atoms with Gasteiger partial charge < -0.3 is 16.2 Å². The Kier molecular flexibility index (Phi) is 4.07. The summed E-state index contributed by atoms with van der Waals surface area (Å²) in [6.45, 7) is 0. The SMILES string of the molecule is NC(=O)CC(NC(=O)c1ccc2nccnc2c1)C(=O)O. The number of hydrogen-bond donors (Lipinski definition) is 3. The number of benzene rings is 1. The van der Waals surface area contributed by atoms with Gasteiger partial charge >= 0.3 is 5.97 Å². The molecule has 0 radical (unpaired) electrons. The second kappa shape index (κ2) is 5.95. The van der Waals surface area contributed by atoms with Gasteiger partial charge in [-0.3, -0.25) is 19.6 Å². The third-order valence-corrected chi connectivity index (χ3v) is 2.74. The van der Waals surface area contributed by atoms with Gasteiger partial charge in [0.2, 0.25) is 5.91 Å². The van der Waals surface area contributed by atoms with Gasteiger partial charge in [-0.25, -0.2) is 4.79 Å². The molecule has 2 aromatic rings. The second-order valence-electron chi connectivity index (χ2n) is 4.29. The van der Waals surface area contributed by atoms with E-state index >= 15 is 0 Å². The van der Waals surface area contributed by atoms with E-state index in [1.54, 1.807) is 6.07 Å². The highest BCUT2D eigenvalue weighted by atomic mass is 16.4. The number of aliphatic carboxylic acids is 1. The van der Waals surface area contributed by atoms with Crippen LogP contribution in [0.3, 0.4) is 0 Å². The highest BCUT2D eigenvalue weighted by Crippen LogP contribution is 2.11. The van der Waals surface area contributed by atoms with Gasteiger partial charge in [-0.2, -0.15) is 0 Å². The summed E-state index contributed by atoms with van der Waals surface area (Å²) >= 11 is 0. The summed E-state index contributed by atoms with van der Waals surface area (Å²) in [6.07, 6.45) is 2.53. The van der Waals surface area contributed by atoms with Crippen LogP contribution in [0.25, 0.3) is 11.0 Å². The number of hydrogen-bond acceptors (Lipinski definition) is 5. The number of nitrogens with two attached hydrogens (primary N) is 1. The van der Waals surface area contributed by atoms with E-state index in [0.717, 1.165) is 0 Å². The Morgan fingerprint density at radius 1 is 1.19 bits per heavy atom. The fraction of sp³-hybridized carbons (Fsp3) is 0.154. The van der Waals surface area contributed by atoms with E-state index in [-0.39, 0.29) is 5.56 Å². The van der Waals surface area contributed by atoms with Crippen molar-refractivity contribution in [2.24, 2.45) is 5.73 Å². The van der Waals surface area contributed by atoms with Crippen molar-refractivity contribution in [1.29, 1.82) is 0 Å². The maximum atomic E-state index is 12.0. The first kappa shape index (κ1) is 14.4. The van der Waals surface area contributed by atoms with Crippen LogP contribution in [0.2, 0.25) is 0 Å². The maximum Gasteiger partial charge on any atom is 0.326 e. The van der Waals surface area contributed by atoms with Crippen LogP contribution in [0.4, 0.5) is 0 Å². The van der Waals surface area contributed by atoms with Gasteiger partial charge in [-0.15, -0.1) is 0 Å². The summed E-state index contributed by atoms with van der Waals surface area (Å²) in [5.74, 6) is -2.77. The average Bonchev–Trinajstić information content (AvgIpc) is 2.45. The van der Waals surface area contributed by atoms with Crippen molar-refractivity contribution in [2.75, 3.05) is 0 Å². The third kappa shape index (κ3) is 3.50. The Morgan fingerprint density at radius 2 is 1.86 bits per heavy atom. The minimum absolute atomic E-state index is 0.221. The molecule has 0 aliphatic heterocycles. The van der Waals surface area contributed by atoms with Crippen LogP contribution < -0.4 is 11.1 Å². The first-order chi connectivity index (χ1) is 9.97. The van der Waals surface area contributed by atoms with E-state index in [9.17, 15) is 14.4 Å². The quantitative estimate of drug-likeness (QED) is 0.690. The number of carbonyl (C=O) groups excluding carboxylic acids is 2. The van der Waals surface area contributed by atoms with Crippen molar-refractivity contribution in [3.05, 3.63) is 36.2 Å². The molecule has 0 saturated carbocycles. The van der Waals surface area contributed by atoms with E-state index in [1.165, 1.54) is 24.5 Å². The third-order valence-electron chi connectivity index (χ3n) is 2.74. The Bertz CT molecular complexity index is 716. The van der Waals surface area contributed by atoms with E-state index in [2.05, 4.69) is 15.3 Å². The number of aromatic nitrogens is 2. The standard InChI is InChI=1S/C13H12N4O4/c14-11(18)6-10(13(20)21)17-12(19)7-1-2-8-9(5-7)16-4-3-15-8/h1-5,10H,6H2,(H2,14,18)(H,17,19)(H,20,21). The minimum atomic E-state index is -1.37. The molecule has 108 valence electrons. The molecule has 8 heteroatoms. The first-order valence-corrected chi connectivity index (χ1v) is 6.00. The molecular weight excluding hydrogens is 276 g/mol. The Labute approximate surface area is 119 Å². The molecule has 0 fully saturated rings. The van der Waals surface area contributed by atoms with Crippen LogP contribution in [0.15, 0.2) is 30.6 Å². The normalized spacial score (nSPS) is 11.8. The van der Waals surface area contributed by atoms with Crippen molar-refractivity contribution < 1.29 is 19.5 Å². The lowest BCUT2D eigenvalue weighted by Crippen LogP contribution is -2.43. The van der Waals surface area contributed by atoms with E-state index in [1.807, 2.05) is 0 Å². The molecule has 2 rings (SSSR count). The van der Waals surface area contributed by atoms with E-state index in [0.29, 0.717) is 11.0 Å². The fourth-order valence-corrected chi connectivity index (χ4v) is 1.75. The molecule has 1 unspecified atom stereocenters. The molecule has 1 atom stereocenters. The number of nitrogens with zero attached hydrogens (tertiary/aromatic N) is 2. The Hall–Kier alpha value is -3.03. The Morgan fingerprint density at radius 3 is 2.48 bits per heavy atom. The average molecular weight is 288 g/mol. The van der Waals surface area contributed by atoms with Gasteiger partial charge in [-0.05, 0) is 18.2 Å². The molecule has 0 aliphatic carbocycles. The van der Waals surface area contributed by atoms with Gasteiger partial charge in [0.15, 0.2) is 0 Å². The van der Waals surface area contributed by atoms with Gasteiger partial charge in [0.05, 0.1) is 17.5 Å². The minimum Gasteiger partial charge on any atom is -0.480 e. The number of fused-ring (bicyclic) bond motifs is 1. The zero-order valence-electron chi connectivity index (χ0n) is 10.8. The fourth-order valence-electron chi connectivity index (χ4n) is 1.75. The van der Waals surface area contributed by atoms with Crippen LogP contribution in [0.5, 0.6) is 0 Å². The summed E-state index contributed by atoms with van der Waals surface area (Å²) < 4.78 is 0. The van der Waals surface area contributed by atoms with Crippen molar-refractivity contribution in [3.8, 4) is 0 Å². The summed E-state index contributed by atoms with van der Waals surface area (Å²) in [6, 6.07) is 3.21. The highest BCUT2D eigenvalue weighted by Gasteiger charge is 2.22. The first-order valence-electron chi connectivity index (χ1n) is 6.00. The van der Waals surface area contributed by atoms with Crippen molar-refractivity contribution >= 4 is 28.8 Å². The van der Waals surface area contributed by atoms with E-state index < -0.39 is 30.2 Å². The molecule has 0 saturated heterocycles. The van der Waals surface area contributed by atoms with Crippen molar-refractivity contribution in [2.45, 2.75) is 12.5 Å². The monoisotopic (exact) mass is 288 g/mol. The lowest BCUT2D eigenvalue weighted by Gasteiger charge is -2.12. The lowest BCUT2D eigenvalue weighted by atomic mass is 10.1. The van der Waals surface area contributed by atoms with Crippen LogP contribution >= 0.6 is 0 Å². The topological polar surface area (TPSA) is 135 Å². The summed E-state index contributed by atoms with van der Waals surface area (Å²) in [4.78, 5) is 41.9. The lowest BCUT2D eigenvalue weighted by molar-refractivity contribution is -0.140. The zero-order chi connectivity index (χ0) is 15.4. The van der Waals surface area contributed by atoms with E-state index in [4.69, 9.17) is 10.8 Å². The van der Waals surface area contributed by atoms with Gasteiger partial charge in [0.25, 0.3) is 5.91 Å². The summed E-state index contributed by atoms with van der Waals surface area (Å²) in [7, 11) is 0. The van der Waals surface area contributed by atoms with Crippen molar-refractivity contribution in [1.82, 2.24) is 15.3 Å². The molecular formula is C13H12N4O4. The van der Waals surface area contributed by atoms with Gasteiger partial charge in [-0.1, -0.05) is 0 Å². The molecule has 4 N–H and O–H groups in total. The van der Waals surface area contributed by atoms with Crippen LogP contribution in [0, 0.1) is 0 Å². The van der Waals surface area contributed by atoms with Gasteiger partial charge in [0, 0.05) is 18.0 Å². The number of carbonyl (C=O) groups is 3. The van der Waals surface area contributed by atoms with Crippen LogP contribution in [-0.4, -0.2) is 38.9 Å². The summed E-state index contributed by atoms with van der Waals surface area (Å²) in [5, 5.41) is 11.2. The van der Waals surface area contributed by atoms with Crippen LogP contribution in [0.1, 0.15) is 16.8 Å². The largest absolute Gasteiger partial charge is 0.480 e. The predicted molar refractivity (Wildman–Crippen MR) is 72.2 cm³/mol.